The largest absolute Gasteiger partial charge is 0.480 e. The maximum atomic E-state index is 11.6. The van der Waals surface area contributed by atoms with E-state index in [2.05, 4.69) is 10.1 Å². The van der Waals surface area contributed by atoms with Crippen molar-refractivity contribution in [3.05, 3.63) is 0 Å². The number of carboxylic acid groups (broad SMARTS) is 1. The van der Waals surface area contributed by atoms with E-state index < -0.39 is 42.1 Å². The first-order valence-corrected chi connectivity index (χ1v) is 6.80. The van der Waals surface area contributed by atoms with Crippen LogP contribution in [0.2, 0.25) is 0 Å². The number of nitrogens with zero attached hydrogens (tertiary/aromatic N) is 1. The molecule has 0 bridgehead atoms. The molecule has 23 heavy (non-hydrogen) atoms. The minimum absolute atomic E-state index is 0.199. The number of alkyl carbamates (subject to hydrolysis) is 1. The highest BCUT2D eigenvalue weighted by Crippen LogP contribution is 2.04. The first-order valence-electron chi connectivity index (χ1n) is 6.80. The van der Waals surface area contributed by atoms with Gasteiger partial charge in [-0.15, -0.1) is 0 Å². The summed E-state index contributed by atoms with van der Waals surface area (Å²) in [6.07, 6.45) is -1.95. The molecule has 1 amide bonds. The van der Waals surface area contributed by atoms with Crippen LogP contribution in [0.4, 0.5) is 4.79 Å². The van der Waals surface area contributed by atoms with Gasteiger partial charge in [-0.3, -0.25) is 9.59 Å². The zero-order valence-electron chi connectivity index (χ0n) is 13.1. The number of esters is 1. The summed E-state index contributed by atoms with van der Waals surface area (Å²) in [7, 11) is 0. The average molecular weight is 330 g/mol. The highest BCUT2D eigenvalue weighted by molar-refractivity contribution is 6.25. The van der Waals surface area contributed by atoms with Gasteiger partial charge in [0, 0.05) is 13.3 Å². The van der Waals surface area contributed by atoms with E-state index >= 15 is 0 Å². The second kappa shape index (κ2) is 10.1. The summed E-state index contributed by atoms with van der Waals surface area (Å²) in [5, 5.41) is 11.0. The third-order valence-electron chi connectivity index (χ3n) is 2.50. The van der Waals surface area contributed by atoms with E-state index in [1.807, 2.05) is 0 Å². The first kappa shape index (κ1) is 20.3. The van der Waals surface area contributed by atoms with Crippen LogP contribution < -0.4 is 5.32 Å². The number of ketones is 1. The van der Waals surface area contributed by atoms with Gasteiger partial charge in [-0.1, -0.05) is 13.8 Å². The Kier molecular flexibility index (Phi) is 8.87. The van der Waals surface area contributed by atoms with E-state index in [1.165, 1.54) is 6.92 Å². The molecule has 0 heterocycles. The van der Waals surface area contributed by atoms with E-state index in [0.717, 1.165) is 6.21 Å². The molecule has 0 saturated heterocycles. The van der Waals surface area contributed by atoms with E-state index in [0.29, 0.717) is 0 Å². The Morgan fingerprint density at radius 2 is 1.83 bits per heavy atom. The van der Waals surface area contributed by atoms with Gasteiger partial charge in [0.1, 0.15) is 6.04 Å². The van der Waals surface area contributed by atoms with Gasteiger partial charge in [0.05, 0.1) is 16.2 Å². The fraction of sp³-hybridized carbons (Fsp3) is 0.615. The number of ether oxygens (including phenoxy) is 2. The van der Waals surface area contributed by atoms with Crippen molar-refractivity contribution in [1.82, 2.24) is 5.32 Å². The molecule has 128 valence electrons. The van der Waals surface area contributed by atoms with Crippen LogP contribution in [0.5, 0.6) is 0 Å². The van der Waals surface area contributed by atoms with Gasteiger partial charge >= 0.3 is 24.2 Å². The molecule has 0 aliphatic heterocycles. The van der Waals surface area contributed by atoms with Gasteiger partial charge in [0.25, 0.3) is 0 Å². The van der Waals surface area contributed by atoms with Gasteiger partial charge in [0.2, 0.25) is 12.1 Å². The molecule has 0 fully saturated rings. The van der Waals surface area contributed by atoms with Crippen LogP contribution in [0.25, 0.3) is 0 Å². The Labute approximate surface area is 132 Å². The van der Waals surface area contributed by atoms with Crippen LogP contribution in [-0.2, 0) is 23.9 Å². The topological polar surface area (TPSA) is 157 Å². The number of carbonyl (C=O) groups excluding carboxylic acids is 3. The molecule has 0 saturated carbocycles. The fourth-order valence-electron chi connectivity index (χ4n) is 1.33. The maximum absolute atomic E-state index is 11.6. The molecule has 0 aliphatic rings. The molecular weight excluding hydrogens is 310 g/mol. The van der Waals surface area contributed by atoms with Crippen molar-refractivity contribution in [1.29, 1.82) is 5.53 Å². The summed E-state index contributed by atoms with van der Waals surface area (Å²) in [5.74, 6) is -2.87. The lowest BCUT2D eigenvalue weighted by Crippen LogP contribution is -2.42. The Balaban J connectivity index is 4.45. The number of rotatable bonds is 9. The Bertz CT molecular complexity index is 512. The molecule has 0 aromatic rings. The number of carbonyl (C=O) groups is 4. The molecule has 10 heteroatoms. The predicted octanol–water partition coefficient (Wildman–Crippen LogP) is 0.370. The van der Waals surface area contributed by atoms with Crippen molar-refractivity contribution in [3.8, 4) is 0 Å². The standard InChI is InChI=1S/C13H19N3O7/c1-7(2)12(20)22-8(3)23-13(21)16-10(11(18)19)5-4-9(17)6-15-14/h6-8,10,14H,4-5H2,1-3H3,(H-,16,18,19,21)/p+1. The predicted molar refractivity (Wildman–Crippen MR) is 74.7 cm³/mol. The van der Waals surface area contributed by atoms with Crippen molar-refractivity contribution >= 4 is 30.0 Å². The normalized spacial score (nSPS) is 12.5. The van der Waals surface area contributed by atoms with Crippen LogP contribution in [0.15, 0.2) is 0 Å². The first-order chi connectivity index (χ1) is 10.7. The highest BCUT2D eigenvalue weighted by atomic mass is 16.7. The number of hydrogen-bond donors (Lipinski definition) is 3. The summed E-state index contributed by atoms with van der Waals surface area (Å²) in [4.78, 5) is 47.8. The molecule has 0 aliphatic carbocycles. The average Bonchev–Trinajstić information content (AvgIpc) is 2.42. The van der Waals surface area contributed by atoms with Gasteiger partial charge in [-0.2, -0.15) is 0 Å². The second-order valence-electron chi connectivity index (χ2n) is 4.86. The zero-order chi connectivity index (χ0) is 18.0. The molecule has 2 unspecified atom stereocenters. The molecule has 2 atom stereocenters. The second-order valence-corrected chi connectivity index (χ2v) is 4.86. The Morgan fingerprint density at radius 3 is 2.30 bits per heavy atom. The highest BCUT2D eigenvalue weighted by Gasteiger charge is 2.24. The lowest BCUT2D eigenvalue weighted by atomic mass is 10.1. The van der Waals surface area contributed by atoms with Crippen LogP contribution in [-0.4, -0.2) is 52.3 Å². The number of Topliss-reactive ketones (excluding diaryl/α,β-unsaturated/α-hetero) is 1. The summed E-state index contributed by atoms with van der Waals surface area (Å²) in [6.45, 7) is 4.52. The molecule has 0 radical (unpaired) electrons. The van der Waals surface area contributed by atoms with E-state index in [-0.39, 0.29) is 12.8 Å². The minimum atomic E-state index is -1.36. The summed E-state index contributed by atoms with van der Waals surface area (Å²) >= 11 is 0. The van der Waals surface area contributed by atoms with Gasteiger partial charge < -0.3 is 19.9 Å². The van der Waals surface area contributed by atoms with Gasteiger partial charge in [0.15, 0.2) is 0 Å². The number of hydrogen-bond acceptors (Lipinski definition) is 7. The number of amides is 1. The van der Waals surface area contributed by atoms with Crippen LogP contribution in [0.1, 0.15) is 33.6 Å². The maximum Gasteiger partial charge on any atom is 0.410 e. The third-order valence-corrected chi connectivity index (χ3v) is 2.50. The Morgan fingerprint density at radius 1 is 1.22 bits per heavy atom. The zero-order valence-corrected chi connectivity index (χ0v) is 13.1. The van der Waals surface area contributed by atoms with Crippen molar-refractivity contribution < 1.29 is 38.5 Å². The monoisotopic (exact) mass is 330 g/mol. The van der Waals surface area contributed by atoms with E-state index in [4.69, 9.17) is 20.1 Å². The van der Waals surface area contributed by atoms with Gasteiger partial charge in [-0.25, -0.2) is 9.59 Å². The summed E-state index contributed by atoms with van der Waals surface area (Å²) in [6, 6.07) is -1.36. The molecule has 0 aromatic carbocycles. The summed E-state index contributed by atoms with van der Waals surface area (Å²) in [5.41, 5.74) is 6.48. The van der Waals surface area contributed by atoms with Crippen LogP contribution in [0.3, 0.4) is 0 Å². The van der Waals surface area contributed by atoms with Crippen molar-refractivity contribution in [2.45, 2.75) is 45.9 Å². The third kappa shape index (κ3) is 8.99. The lowest BCUT2D eigenvalue weighted by molar-refractivity contribution is -0.169. The van der Waals surface area contributed by atoms with Crippen molar-refractivity contribution in [2.24, 2.45) is 5.92 Å². The molecule has 0 aromatic heterocycles. The van der Waals surface area contributed by atoms with Crippen molar-refractivity contribution in [3.63, 3.8) is 0 Å². The molecule has 3 N–H and O–H groups in total. The van der Waals surface area contributed by atoms with Crippen LogP contribution in [0, 0.1) is 11.4 Å². The number of carboxylic acids is 1. The Hall–Kier alpha value is -2.74. The number of aliphatic carboxylic acids is 1. The van der Waals surface area contributed by atoms with E-state index in [1.54, 1.807) is 13.8 Å². The van der Waals surface area contributed by atoms with Crippen LogP contribution >= 0.6 is 0 Å². The molecule has 0 spiro atoms. The van der Waals surface area contributed by atoms with Gasteiger partial charge in [-0.05, 0) is 6.42 Å². The smallest absolute Gasteiger partial charge is 0.410 e. The molecular formula is C13H20N3O7+. The SMILES string of the molecule is CC(OC(=O)NC(CCC(=O)C=[N+]=N)C(=O)O)OC(=O)C(C)C. The fourth-order valence-corrected chi connectivity index (χ4v) is 1.33. The quantitative estimate of drug-likeness (QED) is 0.181. The lowest BCUT2D eigenvalue weighted by Gasteiger charge is -2.18. The minimum Gasteiger partial charge on any atom is -0.480 e. The van der Waals surface area contributed by atoms with Crippen molar-refractivity contribution in [2.75, 3.05) is 0 Å². The van der Waals surface area contributed by atoms with E-state index in [9.17, 15) is 19.2 Å². The molecule has 10 nitrogen and oxygen atoms in total. The molecule has 0 rings (SSSR count). The number of nitrogens with one attached hydrogen (secondary N) is 2. The summed E-state index contributed by atoms with van der Waals surface area (Å²) < 4.78 is 9.50.